The van der Waals surface area contributed by atoms with E-state index < -0.39 is 11.6 Å². The van der Waals surface area contributed by atoms with Gasteiger partial charge in [0.05, 0.1) is 0 Å². The molecule has 14 heavy (non-hydrogen) atoms. The summed E-state index contributed by atoms with van der Waals surface area (Å²) >= 11 is 0. The zero-order valence-corrected chi connectivity index (χ0v) is 8.26. The molecule has 0 aliphatic heterocycles. The van der Waals surface area contributed by atoms with Gasteiger partial charge in [0.15, 0.2) is 0 Å². The molecule has 0 amide bonds. The van der Waals surface area contributed by atoms with Crippen LogP contribution in [0.25, 0.3) is 0 Å². The summed E-state index contributed by atoms with van der Waals surface area (Å²) in [6.07, 6.45) is 2.77. The van der Waals surface area contributed by atoms with Crippen molar-refractivity contribution in [2.24, 2.45) is 5.73 Å². The monoisotopic (exact) mass is 199 g/mol. The van der Waals surface area contributed by atoms with Gasteiger partial charge in [-0.3, -0.25) is 0 Å². The average Bonchev–Trinajstić information content (AvgIpc) is 2.12. The molecule has 0 fully saturated rings. The summed E-state index contributed by atoms with van der Waals surface area (Å²) in [6, 6.07) is 3.18. The Labute approximate surface area is 82.9 Å². The first kappa shape index (κ1) is 11.1. The van der Waals surface area contributed by atoms with E-state index in [9.17, 15) is 8.78 Å². The van der Waals surface area contributed by atoms with E-state index >= 15 is 0 Å². The average molecular weight is 199 g/mol. The second-order valence-electron chi connectivity index (χ2n) is 3.45. The molecule has 0 aromatic heterocycles. The third kappa shape index (κ3) is 3.07. The maximum Gasteiger partial charge on any atom is 0.126 e. The lowest BCUT2D eigenvalue weighted by Crippen LogP contribution is -2.10. The van der Waals surface area contributed by atoms with Crippen molar-refractivity contribution in [1.82, 2.24) is 0 Å². The molecule has 1 aromatic carbocycles. The van der Waals surface area contributed by atoms with Crippen molar-refractivity contribution in [1.29, 1.82) is 0 Å². The molecule has 0 aliphatic rings. The van der Waals surface area contributed by atoms with E-state index in [1.807, 2.05) is 0 Å². The fraction of sp³-hybridized carbons (Fsp3) is 0.455. The molecule has 0 saturated carbocycles. The van der Waals surface area contributed by atoms with Crippen molar-refractivity contribution in [2.45, 2.75) is 32.2 Å². The minimum absolute atomic E-state index is 0.264. The largest absolute Gasteiger partial charge is 0.324 e. The van der Waals surface area contributed by atoms with Crippen LogP contribution in [0.3, 0.4) is 0 Å². The quantitative estimate of drug-likeness (QED) is 0.792. The predicted octanol–water partition coefficient (Wildman–Crippen LogP) is 3.15. The fourth-order valence-electron chi connectivity index (χ4n) is 1.38. The van der Waals surface area contributed by atoms with Crippen LogP contribution < -0.4 is 5.73 Å². The number of hydrogen-bond donors (Lipinski definition) is 1. The molecule has 1 nitrogen and oxygen atoms in total. The molecule has 3 heteroatoms. The van der Waals surface area contributed by atoms with Crippen molar-refractivity contribution < 1.29 is 8.78 Å². The summed E-state index contributed by atoms with van der Waals surface area (Å²) in [7, 11) is 0. The number of nitrogens with two attached hydrogens (primary N) is 1. The van der Waals surface area contributed by atoms with Gasteiger partial charge >= 0.3 is 0 Å². The highest BCUT2D eigenvalue weighted by Crippen LogP contribution is 2.18. The van der Waals surface area contributed by atoms with Crippen LogP contribution in [0.15, 0.2) is 18.2 Å². The van der Waals surface area contributed by atoms with Crippen molar-refractivity contribution in [3.63, 3.8) is 0 Å². The SMILES string of the molecule is CCCC[C@H](N)c1cc(F)cc(F)c1. The number of rotatable bonds is 4. The van der Waals surface area contributed by atoms with Crippen LogP contribution >= 0.6 is 0 Å². The molecule has 0 radical (unpaired) electrons. The second kappa shape index (κ2) is 5.05. The smallest absolute Gasteiger partial charge is 0.126 e. The maximum atomic E-state index is 12.8. The van der Waals surface area contributed by atoms with Gasteiger partial charge in [0.1, 0.15) is 11.6 Å². The van der Waals surface area contributed by atoms with Gasteiger partial charge < -0.3 is 5.73 Å². The minimum Gasteiger partial charge on any atom is -0.324 e. The van der Waals surface area contributed by atoms with Gasteiger partial charge in [-0.1, -0.05) is 19.8 Å². The van der Waals surface area contributed by atoms with Gasteiger partial charge in [0.2, 0.25) is 0 Å². The molecule has 0 aliphatic carbocycles. The van der Waals surface area contributed by atoms with Crippen LogP contribution in [0, 0.1) is 11.6 Å². The molecular formula is C11H15F2N. The van der Waals surface area contributed by atoms with Crippen molar-refractivity contribution in [3.05, 3.63) is 35.4 Å². The summed E-state index contributed by atoms with van der Waals surface area (Å²) < 4.78 is 25.6. The van der Waals surface area contributed by atoms with Crippen molar-refractivity contribution in [2.75, 3.05) is 0 Å². The van der Waals surface area contributed by atoms with Crippen LogP contribution in [0.5, 0.6) is 0 Å². The van der Waals surface area contributed by atoms with Gasteiger partial charge in [0.25, 0.3) is 0 Å². The molecule has 1 rings (SSSR count). The Morgan fingerprint density at radius 3 is 2.29 bits per heavy atom. The first-order valence-electron chi connectivity index (χ1n) is 4.85. The van der Waals surface area contributed by atoms with E-state index in [-0.39, 0.29) is 6.04 Å². The zero-order chi connectivity index (χ0) is 10.6. The van der Waals surface area contributed by atoms with E-state index in [4.69, 9.17) is 5.73 Å². The minimum atomic E-state index is -0.563. The molecule has 1 atom stereocenters. The first-order chi connectivity index (χ1) is 6.63. The lowest BCUT2D eigenvalue weighted by Gasteiger charge is -2.11. The Morgan fingerprint density at radius 2 is 1.79 bits per heavy atom. The van der Waals surface area contributed by atoms with Gasteiger partial charge in [-0.2, -0.15) is 0 Å². The van der Waals surface area contributed by atoms with Crippen molar-refractivity contribution in [3.8, 4) is 0 Å². The van der Waals surface area contributed by atoms with E-state index in [0.717, 1.165) is 25.3 Å². The van der Waals surface area contributed by atoms with Gasteiger partial charge in [-0.15, -0.1) is 0 Å². The van der Waals surface area contributed by atoms with Gasteiger partial charge in [0, 0.05) is 12.1 Å². The Balaban J connectivity index is 2.73. The number of benzene rings is 1. The van der Waals surface area contributed by atoms with Crippen LogP contribution in [-0.2, 0) is 0 Å². The third-order valence-electron chi connectivity index (χ3n) is 2.18. The maximum absolute atomic E-state index is 12.8. The predicted molar refractivity (Wildman–Crippen MR) is 52.8 cm³/mol. The molecule has 0 unspecified atom stereocenters. The highest BCUT2D eigenvalue weighted by Gasteiger charge is 2.08. The summed E-state index contributed by atoms with van der Waals surface area (Å²) in [4.78, 5) is 0. The van der Waals surface area contributed by atoms with Crippen LogP contribution in [-0.4, -0.2) is 0 Å². The Hall–Kier alpha value is -0.960. The van der Waals surface area contributed by atoms with Crippen LogP contribution in [0.2, 0.25) is 0 Å². The lowest BCUT2D eigenvalue weighted by molar-refractivity contribution is 0.559. The lowest BCUT2D eigenvalue weighted by atomic mass is 10.0. The normalized spacial score (nSPS) is 12.9. The third-order valence-corrected chi connectivity index (χ3v) is 2.18. The Bertz CT molecular complexity index is 279. The van der Waals surface area contributed by atoms with Gasteiger partial charge in [-0.25, -0.2) is 8.78 Å². The highest BCUT2D eigenvalue weighted by molar-refractivity contribution is 5.20. The molecule has 0 heterocycles. The highest BCUT2D eigenvalue weighted by atomic mass is 19.1. The van der Waals surface area contributed by atoms with Gasteiger partial charge in [-0.05, 0) is 24.1 Å². The summed E-state index contributed by atoms with van der Waals surface area (Å²) in [6.45, 7) is 2.05. The first-order valence-corrected chi connectivity index (χ1v) is 4.85. The molecule has 2 N–H and O–H groups in total. The number of hydrogen-bond acceptors (Lipinski definition) is 1. The molecule has 0 bridgehead atoms. The molecule has 78 valence electrons. The topological polar surface area (TPSA) is 26.0 Å². The summed E-state index contributed by atoms with van der Waals surface area (Å²) in [5.41, 5.74) is 6.32. The molecule has 0 saturated heterocycles. The number of halogens is 2. The van der Waals surface area contributed by atoms with E-state index in [1.165, 1.54) is 12.1 Å². The standard InChI is InChI=1S/C11H15F2N/c1-2-3-4-11(14)8-5-9(12)7-10(13)6-8/h5-7,11H,2-4,14H2,1H3/t11-/m0/s1. The second-order valence-corrected chi connectivity index (χ2v) is 3.45. The Morgan fingerprint density at radius 1 is 1.21 bits per heavy atom. The van der Waals surface area contributed by atoms with E-state index in [0.29, 0.717) is 5.56 Å². The molecule has 0 spiro atoms. The van der Waals surface area contributed by atoms with E-state index in [2.05, 4.69) is 6.92 Å². The molecule has 1 aromatic rings. The van der Waals surface area contributed by atoms with Crippen molar-refractivity contribution >= 4 is 0 Å². The van der Waals surface area contributed by atoms with Crippen LogP contribution in [0.1, 0.15) is 37.8 Å². The Kier molecular flexibility index (Phi) is 4.01. The summed E-state index contributed by atoms with van der Waals surface area (Å²) in [5, 5.41) is 0. The number of unbranched alkanes of at least 4 members (excludes halogenated alkanes) is 1. The molecular weight excluding hydrogens is 184 g/mol. The fourth-order valence-corrected chi connectivity index (χ4v) is 1.38. The zero-order valence-electron chi connectivity index (χ0n) is 8.26. The van der Waals surface area contributed by atoms with Crippen LogP contribution in [0.4, 0.5) is 8.78 Å². The van der Waals surface area contributed by atoms with E-state index in [1.54, 1.807) is 0 Å². The summed E-state index contributed by atoms with van der Waals surface area (Å²) in [5.74, 6) is -1.13.